The van der Waals surface area contributed by atoms with Crippen LogP contribution in [-0.2, 0) is 4.79 Å². The van der Waals surface area contributed by atoms with Crippen molar-refractivity contribution in [2.75, 3.05) is 0 Å². The lowest BCUT2D eigenvalue weighted by Gasteiger charge is -2.32. The van der Waals surface area contributed by atoms with Crippen molar-refractivity contribution in [1.82, 2.24) is 5.32 Å². The third kappa shape index (κ3) is 3.89. The first-order valence-electron chi connectivity index (χ1n) is 6.93. The Labute approximate surface area is 109 Å². The molecule has 0 atom stereocenters. The molecule has 18 heavy (non-hydrogen) atoms. The van der Waals surface area contributed by atoms with E-state index in [1.807, 2.05) is 0 Å². The number of rotatable bonds is 5. The van der Waals surface area contributed by atoms with Crippen molar-refractivity contribution in [2.45, 2.75) is 70.3 Å². The predicted octanol–water partition coefficient (Wildman–Crippen LogP) is 2.13. The Hall–Kier alpha value is -1.26. The fourth-order valence-electron chi connectivity index (χ4n) is 2.54. The van der Waals surface area contributed by atoms with Gasteiger partial charge < -0.3 is 16.3 Å². The van der Waals surface area contributed by atoms with Gasteiger partial charge in [-0.05, 0) is 19.3 Å². The van der Waals surface area contributed by atoms with Gasteiger partial charge in [0.1, 0.15) is 5.54 Å². The summed E-state index contributed by atoms with van der Waals surface area (Å²) in [6.07, 6.45) is 8.20. The second kappa shape index (κ2) is 7.24. The van der Waals surface area contributed by atoms with Crippen LogP contribution in [0, 0.1) is 0 Å². The highest BCUT2D eigenvalue weighted by Gasteiger charge is 2.36. The predicted molar refractivity (Wildman–Crippen MR) is 71.5 cm³/mol. The summed E-state index contributed by atoms with van der Waals surface area (Å²) in [6, 6.07) is 0. The number of amidine groups is 1. The van der Waals surface area contributed by atoms with Gasteiger partial charge in [-0.3, -0.25) is 4.79 Å². The van der Waals surface area contributed by atoms with Gasteiger partial charge in [0, 0.05) is 6.42 Å². The smallest absolute Gasteiger partial charge is 0.220 e. The van der Waals surface area contributed by atoms with E-state index < -0.39 is 5.54 Å². The zero-order chi connectivity index (χ0) is 13.4. The molecule has 0 aliphatic heterocycles. The summed E-state index contributed by atoms with van der Waals surface area (Å²) in [7, 11) is 0. The quantitative estimate of drug-likeness (QED) is 0.231. The Morgan fingerprint density at radius 3 is 2.44 bits per heavy atom. The van der Waals surface area contributed by atoms with E-state index in [1.165, 1.54) is 0 Å². The average Bonchev–Trinajstić information content (AvgIpc) is 2.62. The summed E-state index contributed by atoms with van der Waals surface area (Å²) in [5.74, 6) is 0.152. The lowest BCUT2D eigenvalue weighted by atomic mass is 9.88. The first-order valence-corrected chi connectivity index (χ1v) is 6.93. The molecule has 1 aliphatic rings. The van der Waals surface area contributed by atoms with Gasteiger partial charge in [0.2, 0.25) is 5.91 Å². The van der Waals surface area contributed by atoms with Crippen molar-refractivity contribution in [2.24, 2.45) is 10.9 Å². The maximum Gasteiger partial charge on any atom is 0.220 e. The summed E-state index contributed by atoms with van der Waals surface area (Å²) in [5, 5.41) is 15.1. The van der Waals surface area contributed by atoms with E-state index in [4.69, 9.17) is 10.9 Å². The minimum atomic E-state index is -0.629. The number of hydrogen-bond acceptors (Lipinski definition) is 3. The standard InChI is InChI=1S/C13H25N3O2/c1-2-3-8-11(17)15-13(12(14)16-18)9-6-4-5-7-10-13/h18H,2-10H2,1H3,(H2,14,16)(H,15,17). The van der Waals surface area contributed by atoms with E-state index in [2.05, 4.69) is 17.4 Å². The first-order chi connectivity index (χ1) is 8.64. The van der Waals surface area contributed by atoms with Crippen molar-refractivity contribution in [3.63, 3.8) is 0 Å². The average molecular weight is 255 g/mol. The molecule has 0 heterocycles. The summed E-state index contributed by atoms with van der Waals surface area (Å²) in [5.41, 5.74) is 5.19. The Kier molecular flexibility index (Phi) is 5.95. The van der Waals surface area contributed by atoms with Crippen molar-refractivity contribution in [3.05, 3.63) is 0 Å². The fraction of sp³-hybridized carbons (Fsp3) is 0.846. The number of amides is 1. The van der Waals surface area contributed by atoms with Gasteiger partial charge in [0.05, 0.1) is 0 Å². The Morgan fingerprint density at radius 2 is 1.94 bits per heavy atom. The SMILES string of the molecule is CCCCC(=O)NC1(/C(N)=N/O)CCCCCC1. The van der Waals surface area contributed by atoms with Crippen LogP contribution in [-0.4, -0.2) is 22.5 Å². The summed E-state index contributed by atoms with van der Waals surface area (Å²) in [6.45, 7) is 2.05. The van der Waals surface area contributed by atoms with Crippen molar-refractivity contribution >= 4 is 11.7 Å². The molecule has 0 bridgehead atoms. The third-order valence-corrected chi connectivity index (χ3v) is 3.69. The molecule has 0 spiro atoms. The Bertz CT molecular complexity index is 295. The van der Waals surface area contributed by atoms with Gasteiger partial charge in [0.25, 0.3) is 0 Å². The van der Waals surface area contributed by atoms with Gasteiger partial charge >= 0.3 is 0 Å². The number of carbonyl (C=O) groups excluding carboxylic acids is 1. The Morgan fingerprint density at radius 1 is 1.33 bits per heavy atom. The van der Waals surface area contributed by atoms with Crippen LogP contribution >= 0.6 is 0 Å². The molecule has 5 nitrogen and oxygen atoms in total. The highest BCUT2D eigenvalue weighted by molar-refractivity contribution is 5.93. The highest BCUT2D eigenvalue weighted by atomic mass is 16.4. The molecule has 0 aromatic rings. The topological polar surface area (TPSA) is 87.7 Å². The van der Waals surface area contributed by atoms with E-state index in [9.17, 15) is 4.79 Å². The molecule has 0 radical (unpaired) electrons. The van der Waals surface area contributed by atoms with Crippen molar-refractivity contribution in [1.29, 1.82) is 0 Å². The van der Waals surface area contributed by atoms with Crippen LogP contribution in [0.25, 0.3) is 0 Å². The molecular weight excluding hydrogens is 230 g/mol. The molecule has 1 aliphatic carbocycles. The van der Waals surface area contributed by atoms with Crippen LogP contribution in [0.2, 0.25) is 0 Å². The molecule has 0 unspecified atom stereocenters. The molecule has 1 rings (SSSR count). The van der Waals surface area contributed by atoms with E-state index in [1.54, 1.807) is 0 Å². The number of hydrogen-bond donors (Lipinski definition) is 3. The minimum Gasteiger partial charge on any atom is -0.409 e. The molecule has 1 fully saturated rings. The van der Waals surface area contributed by atoms with E-state index >= 15 is 0 Å². The molecule has 0 saturated heterocycles. The minimum absolute atomic E-state index is 0.00495. The number of nitrogens with zero attached hydrogens (tertiary/aromatic N) is 1. The largest absolute Gasteiger partial charge is 0.409 e. The van der Waals surface area contributed by atoms with E-state index in [-0.39, 0.29) is 11.7 Å². The summed E-state index contributed by atoms with van der Waals surface area (Å²) in [4.78, 5) is 11.9. The lowest BCUT2D eigenvalue weighted by molar-refractivity contribution is -0.122. The zero-order valence-electron chi connectivity index (χ0n) is 11.2. The fourth-order valence-corrected chi connectivity index (χ4v) is 2.54. The summed E-state index contributed by atoms with van der Waals surface area (Å²) < 4.78 is 0. The second-order valence-corrected chi connectivity index (χ2v) is 5.13. The number of nitrogens with two attached hydrogens (primary N) is 1. The van der Waals surface area contributed by atoms with Gasteiger partial charge in [-0.25, -0.2) is 0 Å². The summed E-state index contributed by atoms with van der Waals surface area (Å²) >= 11 is 0. The molecule has 1 saturated carbocycles. The molecule has 0 aromatic carbocycles. The second-order valence-electron chi connectivity index (χ2n) is 5.13. The molecule has 0 aromatic heterocycles. The van der Waals surface area contributed by atoms with E-state index in [0.29, 0.717) is 6.42 Å². The highest BCUT2D eigenvalue weighted by Crippen LogP contribution is 2.27. The van der Waals surface area contributed by atoms with Gasteiger partial charge in [-0.1, -0.05) is 44.2 Å². The zero-order valence-corrected chi connectivity index (χ0v) is 11.2. The van der Waals surface area contributed by atoms with Crippen LogP contribution in [0.15, 0.2) is 5.16 Å². The van der Waals surface area contributed by atoms with Gasteiger partial charge in [-0.15, -0.1) is 0 Å². The van der Waals surface area contributed by atoms with Crippen molar-refractivity contribution < 1.29 is 10.0 Å². The number of nitrogens with one attached hydrogen (secondary N) is 1. The first kappa shape index (κ1) is 14.8. The maximum absolute atomic E-state index is 11.9. The van der Waals surface area contributed by atoms with E-state index in [0.717, 1.165) is 51.4 Å². The van der Waals surface area contributed by atoms with Crippen LogP contribution in [0.3, 0.4) is 0 Å². The molecule has 104 valence electrons. The normalized spacial score (nSPS) is 20.2. The monoisotopic (exact) mass is 255 g/mol. The number of carbonyl (C=O) groups is 1. The molecule has 4 N–H and O–H groups in total. The lowest BCUT2D eigenvalue weighted by Crippen LogP contribution is -2.57. The van der Waals surface area contributed by atoms with Crippen molar-refractivity contribution in [3.8, 4) is 0 Å². The van der Waals surface area contributed by atoms with Crippen LogP contribution in [0.1, 0.15) is 64.7 Å². The third-order valence-electron chi connectivity index (χ3n) is 3.69. The number of unbranched alkanes of at least 4 members (excludes halogenated alkanes) is 1. The van der Waals surface area contributed by atoms with Crippen LogP contribution in [0.4, 0.5) is 0 Å². The van der Waals surface area contributed by atoms with Crippen LogP contribution < -0.4 is 11.1 Å². The van der Waals surface area contributed by atoms with Gasteiger partial charge in [-0.2, -0.15) is 0 Å². The Balaban J connectivity index is 2.73. The molecular formula is C13H25N3O2. The maximum atomic E-state index is 11.9. The van der Waals surface area contributed by atoms with Gasteiger partial charge in [0.15, 0.2) is 5.84 Å². The molecule has 5 heteroatoms. The van der Waals surface area contributed by atoms with Crippen LogP contribution in [0.5, 0.6) is 0 Å². The molecule has 1 amide bonds. The number of oxime groups is 1.